The van der Waals surface area contributed by atoms with Gasteiger partial charge in [0.25, 0.3) is 5.91 Å². The maximum atomic E-state index is 12.3. The molecule has 1 fully saturated rings. The van der Waals surface area contributed by atoms with Crippen LogP contribution in [0, 0.1) is 5.92 Å². The number of nitrogens with two attached hydrogens (primary N) is 1. The molecule has 4 N–H and O–H groups in total. The minimum Gasteiger partial charge on any atom is -0.382 e. The van der Waals surface area contributed by atoms with E-state index >= 15 is 0 Å². The number of carbonyl (C=O) groups excluding carboxylic acids is 1. The van der Waals surface area contributed by atoms with E-state index in [9.17, 15) is 9.90 Å². The van der Waals surface area contributed by atoms with Crippen LogP contribution < -0.4 is 11.1 Å². The Balaban J connectivity index is 1.66. The molecule has 0 aliphatic heterocycles. The van der Waals surface area contributed by atoms with Crippen LogP contribution in [0.5, 0.6) is 0 Å². The summed E-state index contributed by atoms with van der Waals surface area (Å²) in [6.07, 6.45) is 4.34. The first kappa shape index (κ1) is 16.0. The van der Waals surface area contributed by atoms with Crippen LogP contribution in [0.15, 0.2) is 42.5 Å². The van der Waals surface area contributed by atoms with Crippen molar-refractivity contribution in [3.05, 3.63) is 42.5 Å². The highest BCUT2D eigenvalue weighted by Crippen LogP contribution is 2.27. The molecule has 0 bridgehead atoms. The Morgan fingerprint density at radius 2 is 1.78 bits per heavy atom. The van der Waals surface area contributed by atoms with Gasteiger partial charge in [0.15, 0.2) is 0 Å². The Hall–Kier alpha value is -1.91. The van der Waals surface area contributed by atoms with Crippen molar-refractivity contribution in [3.63, 3.8) is 0 Å². The number of aliphatic hydroxyl groups excluding tert-OH is 1. The van der Waals surface area contributed by atoms with Gasteiger partial charge in [0.1, 0.15) is 6.10 Å². The van der Waals surface area contributed by atoms with E-state index in [4.69, 9.17) is 5.73 Å². The average molecular weight is 312 g/mol. The molecule has 1 amide bonds. The van der Waals surface area contributed by atoms with Gasteiger partial charge in [-0.25, -0.2) is 0 Å². The second-order valence-corrected chi connectivity index (χ2v) is 6.47. The van der Waals surface area contributed by atoms with E-state index in [-0.39, 0.29) is 5.92 Å². The zero-order valence-electron chi connectivity index (χ0n) is 13.2. The summed E-state index contributed by atoms with van der Waals surface area (Å²) in [4.78, 5) is 12.3. The summed E-state index contributed by atoms with van der Waals surface area (Å²) < 4.78 is 0. The fraction of sp³-hybridized carbons (Fsp3) is 0.421. The molecule has 4 heteroatoms. The van der Waals surface area contributed by atoms with Gasteiger partial charge in [0, 0.05) is 11.7 Å². The number of nitrogens with one attached hydrogen (secondary N) is 1. The molecule has 4 nitrogen and oxygen atoms in total. The second kappa shape index (κ2) is 7.11. The molecular weight excluding hydrogens is 288 g/mol. The maximum absolute atomic E-state index is 12.3. The molecule has 2 unspecified atom stereocenters. The first-order valence-electron chi connectivity index (χ1n) is 8.38. The number of rotatable bonds is 4. The van der Waals surface area contributed by atoms with E-state index in [0.717, 1.165) is 36.5 Å². The van der Waals surface area contributed by atoms with E-state index < -0.39 is 18.1 Å². The lowest BCUT2D eigenvalue weighted by molar-refractivity contribution is -0.125. The van der Waals surface area contributed by atoms with E-state index in [0.29, 0.717) is 5.69 Å². The van der Waals surface area contributed by atoms with Gasteiger partial charge >= 0.3 is 0 Å². The number of anilines is 1. The van der Waals surface area contributed by atoms with Crippen LogP contribution in [0.4, 0.5) is 5.69 Å². The molecule has 2 aromatic carbocycles. The first-order chi connectivity index (χ1) is 11.1. The highest BCUT2D eigenvalue weighted by molar-refractivity contribution is 5.97. The Morgan fingerprint density at radius 1 is 1.09 bits per heavy atom. The third kappa shape index (κ3) is 3.71. The second-order valence-electron chi connectivity index (χ2n) is 6.47. The zero-order chi connectivity index (χ0) is 16.2. The summed E-state index contributed by atoms with van der Waals surface area (Å²) in [6, 6.07) is 13.2. The van der Waals surface area contributed by atoms with E-state index in [2.05, 4.69) is 5.32 Å². The van der Waals surface area contributed by atoms with Gasteiger partial charge in [-0.05, 0) is 41.7 Å². The molecule has 2 atom stereocenters. The number of carbonyl (C=O) groups is 1. The van der Waals surface area contributed by atoms with Crippen molar-refractivity contribution < 1.29 is 9.90 Å². The van der Waals surface area contributed by atoms with Crippen molar-refractivity contribution in [2.75, 3.05) is 5.32 Å². The molecule has 1 aliphatic rings. The molecule has 23 heavy (non-hydrogen) atoms. The predicted molar refractivity (Wildman–Crippen MR) is 93.1 cm³/mol. The molecule has 0 heterocycles. The van der Waals surface area contributed by atoms with E-state index in [1.54, 1.807) is 0 Å². The smallest absolute Gasteiger partial charge is 0.254 e. The monoisotopic (exact) mass is 312 g/mol. The van der Waals surface area contributed by atoms with Crippen molar-refractivity contribution >= 4 is 22.4 Å². The van der Waals surface area contributed by atoms with Gasteiger partial charge in [0.2, 0.25) is 0 Å². The lowest BCUT2D eigenvalue weighted by Crippen LogP contribution is -2.48. The molecule has 122 valence electrons. The standard InChI is InChI=1S/C19H24N2O2/c20-17(14-7-2-1-3-8-14)18(22)19(23)21-16-11-10-13-6-4-5-9-15(13)12-16/h4-6,9-12,14,17-18,22H,1-3,7-8,20H2,(H,21,23). The molecule has 0 spiro atoms. The summed E-state index contributed by atoms with van der Waals surface area (Å²) >= 11 is 0. The van der Waals surface area contributed by atoms with Gasteiger partial charge < -0.3 is 16.2 Å². The Labute approximate surface area is 136 Å². The van der Waals surface area contributed by atoms with Crippen LogP contribution in [0.25, 0.3) is 10.8 Å². The summed E-state index contributed by atoms with van der Waals surface area (Å²) in [5, 5.41) is 15.2. The van der Waals surface area contributed by atoms with Crippen molar-refractivity contribution in [3.8, 4) is 0 Å². The Morgan fingerprint density at radius 3 is 2.52 bits per heavy atom. The predicted octanol–water partition coefficient (Wildman–Crippen LogP) is 3.05. The number of hydrogen-bond acceptors (Lipinski definition) is 3. The van der Waals surface area contributed by atoms with Crippen molar-refractivity contribution in [1.29, 1.82) is 0 Å². The minimum absolute atomic E-state index is 0.237. The number of hydrogen-bond donors (Lipinski definition) is 3. The topological polar surface area (TPSA) is 75.3 Å². The van der Waals surface area contributed by atoms with Crippen LogP contribution in [0.3, 0.4) is 0 Å². The molecular formula is C19H24N2O2. The van der Waals surface area contributed by atoms with Crippen LogP contribution in [-0.4, -0.2) is 23.2 Å². The van der Waals surface area contributed by atoms with Gasteiger partial charge in [-0.2, -0.15) is 0 Å². The van der Waals surface area contributed by atoms with Gasteiger partial charge in [-0.15, -0.1) is 0 Å². The van der Waals surface area contributed by atoms with Crippen LogP contribution >= 0.6 is 0 Å². The number of fused-ring (bicyclic) bond motifs is 1. The van der Waals surface area contributed by atoms with Crippen molar-refractivity contribution in [1.82, 2.24) is 0 Å². The van der Waals surface area contributed by atoms with Crippen LogP contribution in [-0.2, 0) is 4.79 Å². The summed E-state index contributed by atoms with van der Waals surface area (Å²) in [6.45, 7) is 0. The molecule has 1 saturated carbocycles. The molecule has 0 radical (unpaired) electrons. The molecule has 0 aromatic heterocycles. The fourth-order valence-corrected chi connectivity index (χ4v) is 3.43. The molecule has 2 aromatic rings. The normalized spacial score (nSPS) is 18.5. The Kier molecular flexibility index (Phi) is 4.94. The van der Waals surface area contributed by atoms with Crippen LogP contribution in [0.2, 0.25) is 0 Å². The largest absolute Gasteiger partial charge is 0.382 e. The maximum Gasteiger partial charge on any atom is 0.254 e. The average Bonchev–Trinajstić information content (AvgIpc) is 2.61. The molecule has 0 saturated heterocycles. The summed E-state index contributed by atoms with van der Waals surface area (Å²) in [5.41, 5.74) is 6.81. The highest BCUT2D eigenvalue weighted by atomic mass is 16.3. The SMILES string of the molecule is NC(C1CCCCC1)C(O)C(=O)Nc1ccc2ccccc2c1. The lowest BCUT2D eigenvalue weighted by atomic mass is 9.82. The zero-order valence-corrected chi connectivity index (χ0v) is 13.2. The van der Waals surface area contributed by atoms with Gasteiger partial charge in [-0.3, -0.25) is 4.79 Å². The highest BCUT2D eigenvalue weighted by Gasteiger charge is 2.30. The van der Waals surface area contributed by atoms with Gasteiger partial charge in [0.05, 0.1) is 0 Å². The molecule has 3 rings (SSSR count). The van der Waals surface area contributed by atoms with Crippen molar-refractivity contribution in [2.45, 2.75) is 44.2 Å². The number of amides is 1. The van der Waals surface area contributed by atoms with E-state index in [1.807, 2.05) is 42.5 Å². The third-order valence-corrected chi connectivity index (χ3v) is 4.84. The van der Waals surface area contributed by atoms with E-state index in [1.165, 1.54) is 6.42 Å². The number of aliphatic hydroxyl groups is 1. The van der Waals surface area contributed by atoms with Crippen molar-refractivity contribution in [2.24, 2.45) is 11.7 Å². The third-order valence-electron chi connectivity index (χ3n) is 4.84. The number of benzene rings is 2. The van der Waals surface area contributed by atoms with Crippen LogP contribution in [0.1, 0.15) is 32.1 Å². The minimum atomic E-state index is -1.16. The Bertz CT molecular complexity index is 680. The fourth-order valence-electron chi connectivity index (χ4n) is 3.43. The summed E-state index contributed by atoms with van der Waals surface area (Å²) in [7, 11) is 0. The first-order valence-corrected chi connectivity index (χ1v) is 8.38. The molecule has 1 aliphatic carbocycles. The lowest BCUT2D eigenvalue weighted by Gasteiger charge is -2.30. The summed E-state index contributed by atoms with van der Waals surface area (Å²) in [5.74, 6) is -0.181. The quantitative estimate of drug-likeness (QED) is 0.812. The van der Waals surface area contributed by atoms with Gasteiger partial charge in [-0.1, -0.05) is 49.6 Å².